The molecule has 0 radical (unpaired) electrons. The maximum atomic E-state index is 5.49. The fourth-order valence-corrected chi connectivity index (χ4v) is 1.69. The quantitative estimate of drug-likeness (QED) is 0.717. The number of ether oxygens (including phenoxy) is 2. The van der Waals surface area contributed by atoms with Gasteiger partial charge in [0, 0.05) is 0 Å². The molecule has 0 amide bonds. The summed E-state index contributed by atoms with van der Waals surface area (Å²) in [5.74, 6) is 0.893. The molecule has 0 saturated heterocycles. The van der Waals surface area contributed by atoms with Gasteiger partial charge in [-0.15, -0.1) is 0 Å². The first-order valence-corrected chi connectivity index (χ1v) is 6.43. The van der Waals surface area contributed by atoms with Crippen molar-refractivity contribution < 1.29 is 9.47 Å². The molecule has 0 aliphatic rings. The molecule has 0 heterocycles. The molecule has 0 fully saturated rings. The molecule has 2 heteroatoms. The fraction of sp³-hybridized carbons (Fsp3) is 0.176. The van der Waals surface area contributed by atoms with Gasteiger partial charge >= 0.3 is 0 Å². The summed E-state index contributed by atoms with van der Waals surface area (Å²) in [6.45, 7) is 3.26. The van der Waals surface area contributed by atoms with Crippen molar-refractivity contribution in [3.63, 3.8) is 0 Å². The van der Waals surface area contributed by atoms with Gasteiger partial charge in [-0.3, -0.25) is 0 Å². The van der Waals surface area contributed by atoms with Crippen molar-refractivity contribution in [2.45, 2.75) is 13.5 Å². The third kappa shape index (κ3) is 4.51. The van der Waals surface area contributed by atoms with Gasteiger partial charge in [0.2, 0.25) is 0 Å². The molecule has 19 heavy (non-hydrogen) atoms. The predicted molar refractivity (Wildman–Crippen MR) is 77.9 cm³/mol. The van der Waals surface area contributed by atoms with Crippen molar-refractivity contribution in [2.24, 2.45) is 0 Å². The topological polar surface area (TPSA) is 18.5 Å². The zero-order valence-electron chi connectivity index (χ0n) is 11.1. The lowest BCUT2D eigenvalue weighted by Crippen LogP contribution is -1.90. The number of benzene rings is 2. The molecule has 2 aromatic rings. The predicted octanol–water partition coefficient (Wildman–Crippen LogP) is 4.27. The number of hydrogen-bond acceptors (Lipinski definition) is 2. The first-order chi connectivity index (χ1) is 9.38. The van der Waals surface area contributed by atoms with Crippen LogP contribution in [0.15, 0.2) is 60.9 Å². The van der Waals surface area contributed by atoms with E-state index in [1.165, 1.54) is 5.56 Å². The van der Waals surface area contributed by atoms with Crippen LogP contribution in [0.4, 0.5) is 0 Å². The number of rotatable bonds is 6. The van der Waals surface area contributed by atoms with Gasteiger partial charge in [-0.25, -0.2) is 0 Å². The lowest BCUT2D eigenvalue weighted by atomic mass is 10.2. The molecule has 0 aromatic heterocycles. The standard InChI is InChI=1S/C17H18O2/c1-2-19-17-10-8-15(9-11-17)12-13-18-14-16-6-4-3-5-7-16/h3-13H,2,14H2,1H3. The van der Waals surface area contributed by atoms with Crippen LogP contribution in [-0.4, -0.2) is 6.61 Å². The summed E-state index contributed by atoms with van der Waals surface area (Å²) in [7, 11) is 0. The van der Waals surface area contributed by atoms with Crippen LogP contribution in [0.25, 0.3) is 6.08 Å². The average Bonchev–Trinajstić information content (AvgIpc) is 2.47. The molecule has 0 unspecified atom stereocenters. The van der Waals surface area contributed by atoms with E-state index in [4.69, 9.17) is 9.47 Å². The molecule has 2 nitrogen and oxygen atoms in total. The highest BCUT2D eigenvalue weighted by molar-refractivity contribution is 5.49. The Kier molecular flexibility index (Phi) is 5.06. The van der Waals surface area contributed by atoms with Crippen LogP contribution in [0.3, 0.4) is 0 Å². The highest BCUT2D eigenvalue weighted by atomic mass is 16.5. The van der Waals surface area contributed by atoms with E-state index in [0.717, 1.165) is 11.3 Å². The third-order valence-electron chi connectivity index (χ3n) is 2.64. The van der Waals surface area contributed by atoms with Crippen molar-refractivity contribution in [2.75, 3.05) is 6.61 Å². The van der Waals surface area contributed by atoms with E-state index in [9.17, 15) is 0 Å². The van der Waals surface area contributed by atoms with Gasteiger partial charge < -0.3 is 9.47 Å². The van der Waals surface area contributed by atoms with Crippen LogP contribution in [0.2, 0.25) is 0 Å². The minimum Gasteiger partial charge on any atom is -0.496 e. The van der Waals surface area contributed by atoms with Crippen molar-refractivity contribution in [1.82, 2.24) is 0 Å². The van der Waals surface area contributed by atoms with Gasteiger partial charge in [0.25, 0.3) is 0 Å². The zero-order valence-corrected chi connectivity index (χ0v) is 11.1. The van der Waals surface area contributed by atoms with Gasteiger partial charge in [-0.2, -0.15) is 0 Å². The molecule has 0 aliphatic carbocycles. The lowest BCUT2D eigenvalue weighted by molar-refractivity contribution is 0.239. The third-order valence-corrected chi connectivity index (χ3v) is 2.64. The minimum atomic E-state index is 0.592. The molecule has 2 rings (SSSR count). The summed E-state index contributed by atoms with van der Waals surface area (Å²) in [5, 5.41) is 0. The second kappa shape index (κ2) is 7.27. The Labute approximate surface area is 114 Å². The van der Waals surface area contributed by atoms with E-state index >= 15 is 0 Å². The SMILES string of the molecule is CCOc1ccc(C=COCc2ccccc2)cc1. The Hall–Kier alpha value is -2.22. The van der Waals surface area contributed by atoms with E-state index in [2.05, 4.69) is 0 Å². The summed E-state index contributed by atoms with van der Waals surface area (Å²) in [4.78, 5) is 0. The molecular weight excluding hydrogens is 236 g/mol. The maximum absolute atomic E-state index is 5.49. The van der Waals surface area contributed by atoms with E-state index in [1.807, 2.05) is 67.6 Å². The summed E-state index contributed by atoms with van der Waals surface area (Å²) in [5.41, 5.74) is 2.26. The van der Waals surface area contributed by atoms with E-state index in [-0.39, 0.29) is 0 Å². The Balaban J connectivity index is 1.82. The second-order valence-electron chi connectivity index (χ2n) is 4.10. The average molecular weight is 254 g/mol. The van der Waals surface area contributed by atoms with Crippen LogP contribution in [0, 0.1) is 0 Å². The van der Waals surface area contributed by atoms with Crippen molar-refractivity contribution in [1.29, 1.82) is 0 Å². The normalized spacial score (nSPS) is 10.6. The Morgan fingerprint density at radius 3 is 2.37 bits per heavy atom. The van der Waals surface area contributed by atoms with Gasteiger partial charge in [-0.05, 0) is 36.3 Å². The van der Waals surface area contributed by atoms with Crippen LogP contribution < -0.4 is 4.74 Å². The van der Waals surface area contributed by atoms with Crippen molar-refractivity contribution >= 4 is 6.08 Å². The van der Waals surface area contributed by atoms with E-state index < -0.39 is 0 Å². The van der Waals surface area contributed by atoms with Crippen molar-refractivity contribution in [3.05, 3.63) is 72.0 Å². The van der Waals surface area contributed by atoms with E-state index in [1.54, 1.807) is 6.26 Å². The summed E-state index contributed by atoms with van der Waals surface area (Å²) in [6.07, 6.45) is 3.67. The molecule has 0 atom stereocenters. The molecule has 2 aromatic carbocycles. The van der Waals surface area contributed by atoms with Crippen molar-refractivity contribution in [3.8, 4) is 5.75 Å². The smallest absolute Gasteiger partial charge is 0.119 e. The Morgan fingerprint density at radius 2 is 1.68 bits per heavy atom. The summed E-state index contributed by atoms with van der Waals surface area (Å²) < 4.78 is 10.9. The molecule has 0 aliphatic heterocycles. The Bertz CT molecular complexity index is 501. The van der Waals surface area contributed by atoms with Gasteiger partial charge in [0.15, 0.2) is 0 Å². The minimum absolute atomic E-state index is 0.592. The van der Waals surface area contributed by atoms with Gasteiger partial charge in [-0.1, -0.05) is 42.5 Å². The number of hydrogen-bond donors (Lipinski definition) is 0. The molecule has 0 saturated carbocycles. The van der Waals surface area contributed by atoms with E-state index in [0.29, 0.717) is 13.2 Å². The molecule has 0 N–H and O–H groups in total. The Morgan fingerprint density at radius 1 is 0.947 bits per heavy atom. The summed E-state index contributed by atoms with van der Waals surface area (Å²) in [6, 6.07) is 18.0. The van der Waals surface area contributed by atoms with Gasteiger partial charge in [0.05, 0.1) is 12.9 Å². The van der Waals surface area contributed by atoms with Crippen LogP contribution in [-0.2, 0) is 11.3 Å². The molecular formula is C17H18O2. The fourth-order valence-electron chi connectivity index (χ4n) is 1.69. The monoisotopic (exact) mass is 254 g/mol. The first-order valence-electron chi connectivity index (χ1n) is 6.43. The second-order valence-corrected chi connectivity index (χ2v) is 4.10. The van der Waals surface area contributed by atoms with Gasteiger partial charge in [0.1, 0.15) is 12.4 Å². The highest BCUT2D eigenvalue weighted by Gasteiger charge is 1.92. The van der Waals surface area contributed by atoms with Crippen LogP contribution >= 0.6 is 0 Å². The molecule has 98 valence electrons. The van der Waals surface area contributed by atoms with Crippen LogP contribution in [0.1, 0.15) is 18.1 Å². The summed E-state index contributed by atoms with van der Waals surface area (Å²) >= 11 is 0. The molecule has 0 bridgehead atoms. The first kappa shape index (κ1) is 13.2. The largest absolute Gasteiger partial charge is 0.496 e. The highest BCUT2D eigenvalue weighted by Crippen LogP contribution is 2.13. The van der Waals surface area contributed by atoms with Crippen LogP contribution in [0.5, 0.6) is 5.75 Å². The molecule has 0 spiro atoms. The lowest BCUT2D eigenvalue weighted by Gasteiger charge is -2.03. The maximum Gasteiger partial charge on any atom is 0.119 e. The zero-order chi connectivity index (χ0) is 13.3.